The zero-order chi connectivity index (χ0) is 12.1. The van der Waals surface area contributed by atoms with Crippen molar-refractivity contribution in [1.82, 2.24) is 0 Å². The molecule has 17 heavy (non-hydrogen) atoms. The molecule has 2 aromatic rings. The van der Waals surface area contributed by atoms with Crippen LogP contribution in [0.3, 0.4) is 0 Å². The smallest absolute Gasteiger partial charge is 0.124 e. The van der Waals surface area contributed by atoms with E-state index in [1.807, 2.05) is 36.4 Å². The highest BCUT2D eigenvalue weighted by Gasteiger charge is 1.95. The first-order valence-corrected chi connectivity index (χ1v) is 5.66. The van der Waals surface area contributed by atoms with Gasteiger partial charge in [0.05, 0.1) is 6.54 Å². The fraction of sp³-hybridized carbons (Fsp3) is 0.0714. The van der Waals surface area contributed by atoms with Crippen molar-refractivity contribution in [2.45, 2.75) is 6.54 Å². The van der Waals surface area contributed by atoms with E-state index < -0.39 is 0 Å². The lowest BCUT2D eigenvalue weighted by atomic mass is 10.2. The number of hydrogen-bond acceptors (Lipinski definition) is 2. The largest absolute Gasteiger partial charge is 0.507 e. The third-order valence-electron chi connectivity index (χ3n) is 2.33. The number of halogens is 1. The average molecular weight is 246 g/mol. The predicted molar refractivity (Wildman–Crippen MR) is 70.9 cm³/mol. The van der Waals surface area contributed by atoms with Gasteiger partial charge >= 0.3 is 0 Å². The van der Waals surface area contributed by atoms with Crippen molar-refractivity contribution in [3.05, 3.63) is 64.7 Å². The topological polar surface area (TPSA) is 32.6 Å². The lowest BCUT2D eigenvalue weighted by molar-refractivity contribution is 0.474. The maximum Gasteiger partial charge on any atom is 0.124 e. The molecular formula is C14H12ClNO. The Morgan fingerprint density at radius 1 is 1.12 bits per heavy atom. The molecule has 0 aliphatic carbocycles. The van der Waals surface area contributed by atoms with Crippen molar-refractivity contribution < 1.29 is 5.11 Å². The number of rotatable bonds is 3. The third kappa shape index (κ3) is 3.33. The highest BCUT2D eigenvalue weighted by atomic mass is 35.5. The molecule has 0 atom stereocenters. The normalized spacial score (nSPS) is 10.9. The SMILES string of the molecule is Oc1ccccc1C=NCc1cccc(Cl)c1. The molecule has 3 heteroatoms. The second-order valence-corrected chi connectivity index (χ2v) is 4.09. The summed E-state index contributed by atoms with van der Waals surface area (Å²) >= 11 is 5.87. The van der Waals surface area contributed by atoms with Gasteiger partial charge in [-0.15, -0.1) is 0 Å². The van der Waals surface area contributed by atoms with Crippen LogP contribution >= 0.6 is 11.6 Å². The number of phenolic OH excluding ortho intramolecular Hbond substituents is 1. The van der Waals surface area contributed by atoms with Crippen LogP contribution in [0, 0.1) is 0 Å². The summed E-state index contributed by atoms with van der Waals surface area (Å²) < 4.78 is 0. The maximum atomic E-state index is 9.54. The zero-order valence-corrected chi connectivity index (χ0v) is 9.93. The van der Waals surface area contributed by atoms with Crippen LogP contribution in [0.5, 0.6) is 5.75 Å². The van der Waals surface area contributed by atoms with Gasteiger partial charge in [-0.25, -0.2) is 0 Å². The fourth-order valence-electron chi connectivity index (χ4n) is 1.48. The zero-order valence-electron chi connectivity index (χ0n) is 9.18. The summed E-state index contributed by atoms with van der Waals surface area (Å²) in [5.74, 6) is 0.238. The van der Waals surface area contributed by atoms with Gasteiger partial charge in [0.15, 0.2) is 0 Å². The van der Waals surface area contributed by atoms with E-state index >= 15 is 0 Å². The fourth-order valence-corrected chi connectivity index (χ4v) is 1.69. The van der Waals surface area contributed by atoms with Gasteiger partial charge in [-0.2, -0.15) is 0 Å². The lowest BCUT2D eigenvalue weighted by Crippen LogP contribution is -1.85. The van der Waals surface area contributed by atoms with Gasteiger partial charge in [0.2, 0.25) is 0 Å². The third-order valence-corrected chi connectivity index (χ3v) is 2.57. The van der Waals surface area contributed by atoms with Crippen molar-refractivity contribution >= 4 is 17.8 Å². The molecule has 0 aromatic heterocycles. The molecule has 2 nitrogen and oxygen atoms in total. The van der Waals surface area contributed by atoms with Crippen molar-refractivity contribution in [3.63, 3.8) is 0 Å². The number of nitrogens with zero attached hydrogens (tertiary/aromatic N) is 1. The quantitative estimate of drug-likeness (QED) is 0.823. The molecule has 0 aliphatic heterocycles. The van der Waals surface area contributed by atoms with E-state index in [2.05, 4.69) is 4.99 Å². The van der Waals surface area contributed by atoms with Crippen LogP contribution in [0.2, 0.25) is 5.02 Å². The first-order valence-electron chi connectivity index (χ1n) is 5.28. The van der Waals surface area contributed by atoms with Gasteiger partial charge in [0, 0.05) is 16.8 Å². The van der Waals surface area contributed by atoms with Gasteiger partial charge in [-0.1, -0.05) is 35.9 Å². The molecular weight excluding hydrogens is 234 g/mol. The number of aromatic hydroxyl groups is 1. The van der Waals surface area contributed by atoms with Crippen LogP contribution in [0.4, 0.5) is 0 Å². The Kier molecular flexibility index (Phi) is 3.78. The Hall–Kier alpha value is -1.80. The standard InChI is InChI=1S/C14H12ClNO/c15-13-6-3-4-11(8-13)9-16-10-12-5-1-2-7-14(12)17/h1-8,10,17H,9H2. The average Bonchev–Trinajstić information content (AvgIpc) is 2.32. The highest BCUT2D eigenvalue weighted by Crippen LogP contribution is 2.14. The van der Waals surface area contributed by atoms with Gasteiger partial charge < -0.3 is 5.11 Å². The second kappa shape index (κ2) is 5.51. The minimum atomic E-state index is 0.238. The number of aliphatic imine (C=N–C) groups is 1. The molecule has 0 saturated heterocycles. The Morgan fingerprint density at radius 2 is 1.94 bits per heavy atom. The Morgan fingerprint density at radius 3 is 2.71 bits per heavy atom. The predicted octanol–water partition coefficient (Wildman–Crippen LogP) is 3.66. The summed E-state index contributed by atoms with van der Waals surface area (Å²) in [6.45, 7) is 0.550. The van der Waals surface area contributed by atoms with E-state index in [-0.39, 0.29) is 5.75 Å². The number of phenols is 1. The summed E-state index contributed by atoms with van der Waals surface area (Å²) in [6.07, 6.45) is 1.66. The van der Waals surface area contributed by atoms with Crippen LogP contribution in [-0.2, 0) is 6.54 Å². The van der Waals surface area contributed by atoms with Crippen molar-refractivity contribution in [2.24, 2.45) is 4.99 Å². The molecule has 0 saturated carbocycles. The number of hydrogen-bond donors (Lipinski definition) is 1. The molecule has 2 aromatic carbocycles. The minimum Gasteiger partial charge on any atom is -0.507 e. The van der Waals surface area contributed by atoms with Crippen LogP contribution in [0.15, 0.2) is 53.5 Å². The first kappa shape index (κ1) is 11.7. The molecule has 2 rings (SSSR count). The van der Waals surface area contributed by atoms with Gasteiger partial charge in [0.25, 0.3) is 0 Å². The molecule has 0 bridgehead atoms. The van der Waals surface area contributed by atoms with Crippen molar-refractivity contribution in [3.8, 4) is 5.75 Å². The molecule has 1 N–H and O–H groups in total. The molecule has 0 fully saturated rings. The molecule has 0 heterocycles. The van der Waals surface area contributed by atoms with Gasteiger partial charge in [-0.3, -0.25) is 4.99 Å². The summed E-state index contributed by atoms with van der Waals surface area (Å²) in [5, 5.41) is 10.2. The van der Waals surface area contributed by atoms with E-state index in [0.717, 1.165) is 11.1 Å². The first-order chi connectivity index (χ1) is 8.25. The van der Waals surface area contributed by atoms with Crippen LogP contribution in [0.25, 0.3) is 0 Å². The number of benzene rings is 2. The molecule has 0 spiro atoms. The minimum absolute atomic E-state index is 0.238. The number of para-hydroxylation sites is 1. The van der Waals surface area contributed by atoms with E-state index in [0.29, 0.717) is 11.6 Å². The monoisotopic (exact) mass is 245 g/mol. The van der Waals surface area contributed by atoms with Crippen LogP contribution in [-0.4, -0.2) is 11.3 Å². The van der Waals surface area contributed by atoms with Crippen molar-refractivity contribution in [2.75, 3.05) is 0 Å². The van der Waals surface area contributed by atoms with Crippen molar-refractivity contribution in [1.29, 1.82) is 0 Å². The van der Waals surface area contributed by atoms with E-state index in [1.165, 1.54) is 0 Å². The van der Waals surface area contributed by atoms with E-state index in [1.54, 1.807) is 18.3 Å². The Bertz CT molecular complexity index is 537. The van der Waals surface area contributed by atoms with Crippen LogP contribution in [0.1, 0.15) is 11.1 Å². The molecule has 0 aliphatic rings. The summed E-state index contributed by atoms with van der Waals surface area (Å²) in [7, 11) is 0. The molecule has 0 unspecified atom stereocenters. The van der Waals surface area contributed by atoms with E-state index in [4.69, 9.17) is 11.6 Å². The Labute approximate surface area is 105 Å². The molecule has 0 radical (unpaired) electrons. The molecule has 0 amide bonds. The Balaban J connectivity index is 2.06. The summed E-state index contributed by atoms with van der Waals surface area (Å²) in [6, 6.07) is 14.7. The second-order valence-electron chi connectivity index (χ2n) is 3.66. The summed E-state index contributed by atoms with van der Waals surface area (Å²) in [5.41, 5.74) is 1.76. The van der Waals surface area contributed by atoms with Crippen LogP contribution < -0.4 is 0 Å². The summed E-state index contributed by atoms with van der Waals surface area (Å²) in [4.78, 5) is 4.27. The lowest BCUT2D eigenvalue weighted by Gasteiger charge is -1.98. The van der Waals surface area contributed by atoms with Gasteiger partial charge in [0.1, 0.15) is 5.75 Å². The highest BCUT2D eigenvalue weighted by molar-refractivity contribution is 6.30. The maximum absolute atomic E-state index is 9.54. The molecule has 86 valence electrons. The van der Waals surface area contributed by atoms with E-state index in [9.17, 15) is 5.11 Å². The van der Waals surface area contributed by atoms with Gasteiger partial charge in [-0.05, 0) is 29.8 Å².